The maximum absolute atomic E-state index is 12.3. The number of hydrogen-bond donors (Lipinski definition) is 0. The largest absolute Gasteiger partial charge is 0.343 e. The quantitative estimate of drug-likeness (QED) is 0.820. The van der Waals surface area contributed by atoms with Gasteiger partial charge in [-0.3, -0.25) is 9.48 Å². The number of likely N-dealkylation sites (tertiary alicyclic amines) is 1. The van der Waals surface area contributed by atoms with Gasteiger partial charge in [0.15, 0.2) is 0 Å². The molecule has 0 atom stereocenters. The van der Waals surface area contributed by atoms with Crippen LogP contribution in [-0.4, -0.2) is 33.7 Å². The van der Waals surface area contributed by atoms with Crippen LogP contribution in [0.4, 0.5) is 0 Å². The van der Waals surface area contributed by atoms with Gasteiger partial charge in [-0.05, 0) is 49.1 Å². The van der Waals surface area contributed by atoms with Gasteiger partial charge in [-0.15, -0.1) is 11.3 Å². The molecule has 0 unspecified atom stereocenters. The first kappa shape index (κ1) is 15.3. The molecule has 2 aromatic heterocycles. The number of nitrogens with zero attached hydrogens (tertiary/aromatic N) is 3. The van der Waals surface area contributed by atoms with Crippen molar-refractivity contribution in [2.24, 2.45) is 5.92 Å². The molecular formula is C17H23N3OS. The summed E-state index contributed by atoms with van der Waals surface area (Å²) in [6.45, 7) is 2.79. The van der Waals surface area contributed by atoms with Gasteiger partial charge < -0.3 is 4.90 Å². The van der Waals surface area contributed by atoms with Crippen LogP contribution in [0.15, 0.2) is 36.0 Å². The Kier molecular flexibility index (Phi) is 5.27. The van der Waals surface area contributed by atoms with Gasteiger partial charge in [-0.1, -0.05) is 6.07 Å². The lowest BCUT2D eigenvalue weighted by Crippen LogP contribution is -2.39. The number of hydrogen-bond acceptors (Lipinski definition) is 3. The fourth-order valence-electron chi connectivity index (χ4n) is 3.06. The van der Waals surface area contributed by atoms with E-state index in [-0.39, 0.29) is 0 Å². The molecule has 0 spiro atoms. The van der Waals surface area contributed by atoms with E-state index in [1.165, 1.54) is 4.88 Å². The highest BCUT2D eigenvalue weighted by Crippen LogP contribution is 2.20. The first-order valence-electron chi connectivity index (χ1n) is 8.09. The van der Waals surface area contributed by atoms with Gasteiger partial charge in [-0.2, -0.15) is 5.10 Å². The van der Waals surface area contributed by atoms with E-state index in [1.54, 1.807) is 11.3 Å². The Balaban J connectivity index is 1.36. The summed E-state index contributed by atoms with van der Waals surface area (Å²) >= 11 is 1.78. The number of carbonyl (C=O) groups is 1. The van der Waals surface area contributed by atoms with Gasteiger partial charge in [0.05, 0.1) is 0 Å². The molecule has 1 fully saturated rings. The van der Waals surface area contributed by atoms with Gasteiger partial charge in [0.25, 0.3) is 0 Å². The molecule has 3 heterocycles. The van der Waals surface area contributed by atoms with Crippen LogP contribution in [0.3, 0.4) is 0 Å². The summed E-state index contributed by atoms with van der Waals surface area (Å²) in [5.41, 5.74) is 0. The third-order valence-electron chi connectivity index (χ3n) is 4.37. The molecule has 2 aromatic rings. The first-order chi connectivity index (χ1) is 10.8. The molecule has 0 aliphatic carbocycles. The maximum Gasteiger partial charge on any atom is 0.222 e. The highest BCUT2D eigenvalue weighted by molar-refractivity contribution is 7.09. The van der Waals surface area contributed by atoms with Crippen molar-refractivity contribution in [2.75, 3.05) is 13.1 Å². The number of carbonyl (C=O) groups excluding carboxylic acids is 1. The molecule has 3 rings (SSSR count). The lowest BCUT2D eigenvalue weighted by Gasteiger charge is -2.32. The molecule has 118 valence electrons. The zero-order valence-electron chi connectivity index (χ0n) is 12.9. The standard InChI is InChI=1S/C17H23N3OS/c21-17(6-1-4-16-5-2-13-22-16)19-11-7-15(8-12-19)14-20-10-3-9-18-20/h2-3,5,9-10,13,15H,1,4,6-8,11-12,14H2. The molecular weight excluding hydrogens is 294 g/mol. The van der Waals surface area contributed by atoms with Crippen molar-refractivity contribution in [2.45, 2.75) is 38.6 Å². The summed E-state index contributed by atoms with van der Waals surface area (Å²) in [5.74, 6) is 0.976. The lowest BCUT2D eigenvalue weighted by molar-refractivity contribution is -0.132. The number of aromatic nitrogens is 2. The number of thiophene rings is 1. The highest BCUT2D eigenvalue weighted by Gasteiger charge is 2.22. The number of aryl methyl sites for hydroxylation is 1. The predicted molar refractivity (Wildman–Crippen MR) is 88.8 cm³/mol. The topological polar surface area (TPSA) is 38.1 Å². The molecule has 4 nitrogen and oxygen atoms in total. The Labute approximate surface area is 135 Å². The van der Waals surface area contributed by atoms with Gasteiger partial charge in [0.2, 0.25) is 5.91 Å². The van der Waals surface area contributed by atoms with Gasteiger partial charge >= 0.3 is 0 Å². The average molecular weight is 317 g/mol. The predicted octanol–water partition coefficient (Wildman–Crippen LogP) is 3.21. The second-order valence-corrected chi connectivity index (χ2v) is 7.02. The van der Waals surface area contributed by atoms with Crippen molar-refractivity contribution in [3.05, 3.63) is 40.8 Å². The van der Waals surface area contributed by atoms with Crippen LogP contribution < -0.4 is 0 Å². The second-order valence-electron chi connectivity index (χ2n) is 5.99. The first-order valence-corrected chi connectivity index (χ1v) is 8.97. The van der Waals surface area contributed by atoms with Crippen LogP contribution in [0.5, 0.6) is 0 Å². The van der Waals surface area contributed by atoms with Crippen molar-refractivity contribution in [3.63, 3.8) is 0 Å². The fraction of sp³-hybridized carbons (Fsp3) is 0.529. The van der Waals surface area contributed by atoms with E-state index in [1.807, 2.05) is 28.0 Å². The molecule has 0 N–H and O–H groups in total. The van der Waals surface area contributed by atoms with E-state index in [0.717, 1.165) is 45.3 Å². The van der Waals surface area contributed by atoms with E-state index < -0.39 is 0 Å². The molecule has 0 bridgehead atoms. The third-order valence-corrected chi connectivity index (χ3v) is 5.30. The van der Waals surface area contributed by atoms with E-state index >= 15 is 0 Å². The van der Waals surface area contributed by atoms with Crippen LogP contribution >= 0.6 is 11.3 Å². The summed E-state index contributed by atoms with van der Waals surface area (Å²) in [6, 6.07) is 6.19. The monoisotopic (exact) mass is 317 g/mol. The van der Waals surface area contributed by atoms with E-state index in [2.05, 4.69) is 22.6 Å². The lowest BCUT2D eigenvalue weighted by atomic mass is 9.96. The van der Waals surface area contributed by atoms with Crippen LogP contribution in [0.25, 0.3) is 0 Å². The maximum atomic E-state index is 12.3. The van der Waals surface area contributed by atoms with E-state index in [4.69, 9.17) is 0 Å². The Bertz CT molecular complexity index is 557. The molecule has 0 aromatic carbocycles. The normalized spacial score (nSPS) is 16.1. The number of piperidine rings is 1. The van der Waals surface area contributed by atoms with Crippen molar-refractivity contribution in [1.82, 2.24) is 14.7 Å². The smallest absolute Gasteiger partial charge is 0.222 e. The van der Waals surface area contributed by atoms with Crippen LogP contribution in [0.2, 0.25) is 0 Å². The molecule has 1 amide bonds. The summed E-state index contributed by atoms with van der Waals surface area (Å²) in [6.07, 6.45) is 8.70. The molecule has 5 heteroatoms. The Morgan fingerprint density at radius 1 is 1.32 bits per heavy atom. The molecule has 0 saturated carbocycles. The van der Waals surface area contributed by atoms with Gasteiger partial charge in [-0.25, -0.2) is 0 Å². The zero-order valence-corrected chi connectivity index (χ0v) is 13.7. The number of rotatable bonds is 6. The average Bonchev–Trinajstić information content (AvgIpc) is 3.21. The van der Waals surface area contributed by atoms with Crippen LogP contribution in [0, 0.1) is 5.92 Å². The van der Waals surface area contributed by atoms with Crippen LogP contribution in [-0.2, 0) is 17.8 Å². The van der Waals surface area contributed by atoms with Gasteiger partial charge in [0, 0.05) is 43.3 Å². The second kappa shape index (κ2) is 7.58. The SMILES string of the molecule is O=C(CCCc1cccs1)N1CCC(Cn2cccn2)CC1. The fourth-order valence-corrected chi connectivity index (χ4v) is 3.82. The van der Waals surface area contributed by atoms with Crippen molar-refractivity contribution >= 4 is 17.2 Å². The van der Waals surface area contributed by atoms with E-state index in [0.29, 0.717) is 18.2 Å². The van der Waals surface area contributed by atoms with Crippen molar-refractivity contribution in [3.8, 4) is 0 Å². The highest BCUT2D eigenvalue weighted by atomic mass is 32.1. The molecule has 1 aliphatic rings. The Morgan fingerprint density at radius 3 is 2.86 bits per heavy atom. The number of amides is 1. The molecule has 1 saturated heterocycles. The summed E-state index contributed by atoms with van der Waals surface area (Å²) < 4.78 is 2.00. The van der Waals surface area contributed by atoms with Crippen molar-refractivity contribution < 1.29 is 4.79 Å². The molecule has 0 radical (unpaired) electrons. The summed E-state index contributed by atoms with van der Waals surface area (Å²) in [5, 5.41) is 6.37. The van der Waals surface area contributed by atoms with E-state index in [9.17, 15) is 4.79 Å². The van der Waals surface area contributed by atoms with Crippen molar-refractivity contribution in [1.29, 1.82) is 0 Å². The summed E-state index contributed by atoms with van der Waals surface area (Å²) in [4.78, 5) is 15.7. The third kappa shape index (κ3) is 4.19. The minimum Gasteiger partial charge on any atom is -0.343 e. The molecule has 1 aliphatic heterocycles. The van der Waals surface area contributed by atoms with Gasteiger partial charge in [0.1, 0.15) is 0 Å². The van der Waals surface area contributed by atoms with Crippen LogP contribution in [0.1, 0.15) is 30.6 Å². The summed E-state index contributed by atoms with van der Waals surface area (Å²) in [7, 11) is 0. The Morgan fingerprint density at radius 2 is 2.18 bits per heavy atom. The minimum absolute atomic E-state index is 0.328. The molecule has 22 heavy (non-hydrogen) atoms. The minimum atomic E-state index is 0.328. The Hall–Kier alpha value is -1.62. The zero-order chi connectivity index (χ0) is 15.2.